The number of ether oxygens (including phenoxy) is 1. The summed E-state index contributed by atoms with van der Waals surface area (Å²) in [6, 6.07) is 27.7. The molecule has 1 unspecified atom stereocenters. The largest absolute Gasteiger partial charge is 0.455 e. The van der Waals surface area contributed by atoms with E-state index in [1.54, 1.807) is 0 Å². The Balaban J connectivity index is 1.84. The van der Waals surface area contributed by atoms with Crippen LogP contribution in [0.3, 0.4) is 0 Å². The van der Waals surface area contributed by atoms with Gasteiger partial charge in [-0.25, -0.2) is 0 Å². The van der Waals surface area contributed by atoms with Crippen LogP contribution in [0, 0.1) is 0 Å². The zero-order valence-electron chi connectivity index (χ0n) is 16.0. The van der Waals surface area contributed by atoms with Crippen LogP contribution in [-0.2, 0) is 0 Å². The molecule has 1 atom stereocenters. The van der Waals surface area contributed by atoms with Crippen molar-refractivity contribution in [2.75, 3.05) is 32.1 Å². The van der Waals surface area contributed by atoms with Crippen molar-refractivity contribution in [1.82, 2.24) is 4.90 Å². The topological polar surface area (TPSA) is 15.7 Å². The second-order valence-corrected chi connectivity index (χ2v) is 7.27. The number of anilines is 1. The van der Waals surface area contributed by atoms with E-state index in [0.717, 1.165) is 36.7 Å². The van der Waals surface area contributed by atoms with Gasteiger partial charge in [0, 0.05) is 12.1 Å². The number of rotatable bonds is 5. The number of benzene rings is 3. The predicted molar refractivity (Wildman–Crippen MR) is 112 cm³/mol. The van der Waals surface area contributed by atoms with Gasteiger partial charge in [0.25, 0.3) is 0 Å². The molecule has 3 heteroatoms. The first-order valence-electron chi connectivity index (χ1n) is 9.56. The number of nitrogens with zero attached hydrogens (tertiary/aromatic N) is 2. The van der Waals surface area contributed by atoms with Crippen LogP contribution in [0.2, 0.25) is 0 Å². The van der Waals surface area contributed by atoms with Crippen LogP contribution in [0.5, 0.6) is 11.5 Å². The summed E-state index contributed by atoms with van der Waals surface area (Å²) in [6.45, 7) is 2.02. The number of fused-ring (bicyclic) bond motifs is 2. The molecule has 0 bridgehead atoms. The first-order valence-corrected chi connectivity index (χ1v) is 9.56. The number of hydrogen-bond donors (Lipinski definition) is 0. The molecule has 0 saturated carbocycles. The SMILES string of the molecule is CN(C)CCCN1c2ccccc2Oc2ccccc2C1c1ccccc1. The molecule has 3 nitrogen and oxygen atoms in total. The average molecular weight is 358 g/mol. The van der Waals surface area contributed by atoms with Gasteiger partial charge in [-0.1, -0.05) is 60.7 Å². The molecule has 0 radical (unpaired) electrons. The predicted octanol–water partition coefficient (Wildman–Crippen LogP) is 5.34. The third-order valence-electron chi connectivity index (χ3n) is 5.04. The summed E-state index contributed by atoms with van der Waals surface area (Å²) in [5, 5.41) is 0. The lowest BCUT2D eigenvalue weighted by Gasteiger charge is -2.33. The van der Waals surface area contributed by atoms with Crippen LogP contribution >= 0.6 is 0 Å². The third-order valence-corrected chi connectivity index (χ3v) is 5.04. The van der Waals surface area contributed by atoms with Crippen molar-refractivity contribution in [3.8, 4) is 11.5 Å². The lowest BCUT2D eigenvalue weighted by molar-refractivity contribution is 0.398. The van der Waals surface area contributed by atoms with Crippen molar-refractivity contribution in [2.24, 2.45) is 0 Å². The maximum absolute atomic E-state index is 6.36. The van der Waals surface area contributed by atoms with Crippen LogP contribution in [0.4, 0.5) is 5.69 Å². The smallest absolute Gasteiger partial charge is 0.150 e. The van der Waals surface area contributed by atoms with Crippen LogP contribution in [0.1, 0.15) is 23.6 Å². The van der Waals surface area contributed by atoms with E-state index in [1.165, 1.54) is 11.1 Å². The lowest BCUT2D eigenvalue weighted by atomic mass is 9.95. The van der Waals surface area contributed by atoms with Crippen molar-refractivity contribution < 1.29 is 4.74 Å². The Morgan fingerprint density at radius 1 is 0.815 bits per heavy atom. The molecule has 0 aromatic heterocycles. The highest BCUT2D eigenvalue weighted by molar-refractivity contribution is 5.66. The van der Waals surface area contributed by atoms with E-state index in [-0.39, 0.29) is 6.04 Å². The zero-order chi connectivity index (χ0) is 18.6. The van der Waals surface area contributed by atoms with Crippen LogP contribution in [0.15, 0.2) is 78.9 Å². The van der Waals surface area contributed by atoms with Crippen molar-refractivity contribution in [3.63, 3.8) is 0 Å². The second kappa shape index (κ2) is 7.85. The highest BCUT2D eigenvalue weighted by Gasteiger charge is 2.30. The first-order chi connectivity index (χ1) is 13.2. The Kier molecular flexibility index (Phi) is 5.12. The molecular formula is C24H26N2O. The molecule has 3 aromatic rings. The van der Waals surface area contributed by atoms with Gasteiger partial charge in [0.05, 0.1) is 11.7 Å². The molecule has 0 saturated heterocycles. The Labute approximate surface area is 161 Å². The maximum atomic E-state index is 6.36. The van der Waals surface area contributed by atoms with Crippen molar-refractivity contribution in [1.29, 1.82) is 0 Å². The molecule has 4 rings (SSSR count). The van der Waals surface area contributed by atoms with Gasteiger partial charge in [0.15, 0.2) is 5.75 Å². The fourth-order valence-electron chi connectivity index (χ4n) is 3.81. The summed E-state index contributed by atoms with van der Waals surface area (Å²) in [6.07, 6.45) is 1.09. The number of hydrogen-bond acceptors (Lipinski definition) is 3. The van der Waals surface area contributed by atoms with E-state index >= 15 is 0 Å². The van der Waals surface area contributed by atoms with E-state index in [2.05, 4.69) is 90.6 Å². The molecule has 0 N–H and O–H groups in total. The van der Waals surface area contributed by atoms with E-state index in [1.807, 2.05) is 12.1 Å². The van der Waals surface area contributed by atoms with E-state index in [9.17, 15) is 0 Å². The van der Waals surface area contributed by atoms with Gasteiger partial charge >= 0.3 is 0 Å². The Morgan fingerprint density at radius 2 is 1.48 bits per heavy atom. The standard InChI is InChI=1S/C24H26N2O/c1-25(2)17-10-18-26-21-14-7-9-16-23(21)27-22-15-8-6-13-20(22)24(26)19-11-4-3-5-12-19/h3-9,11-16,24H,10,17-18H2,1-2H3. The molecule has 3 aromatic carbocycles. The molecule has 0 spiro atoms. The summed E-state index contributed by atoms with van der Waals surface area (Å²) in [7, 11) is 4.26. The van der Waals surface area contributed by atoms with Crippen LogP contribution < -0.4 is 9.64 Å². The lowest BCUT2D eigenvalue weighted by Crippen LogP contribution is -2.31. The molecule has 1 aliphatic rings. The number of para-hydroxylation sites is 3. The van der Waals surface area contributed by atoms with E-state index < -0.39 is 0 Å². The molecular weight excluding hydrogens is 332 g/mol. The normalized spacial score (nSPS) is 15.7. The van der Waals surface area contributed by atoms with Crippen LogP contribution in [-0.4, -0.2) is 32.1 Å². The Hall–Kier alpha value is -2.78. The van der Waals surface area contributed by atoms with Gasteiger partial charge in [-0.05, 0) is 50.8 Å². The molecule has 138 valence electrons. The summed E-state index contributed by atoms with van der Waals surface area (Å²) >= 11 is 0. The van der Waals surface area contributed by atoms with Gasteiger partial charge < -0.3 is 14.5 Å². The highest BCUT2D eigenvalue weighted by atomic mass is 16.5. The zero-order valence-corrected chi connectivity index (χ0v) is 16.0. The second-order valence-electron chi connectivity index (χ2n) is 7.27. The van der Waals surface area contributed by atoms with E-state index in [0.29, 0.717) is 0 Å². The van der Waals surface area contributed by atoms with Gasteiger partial charge in [-0.3, -0.25) is 0 Å². The molecule has 1 heterocycles. The average Bonchev–Trinajstić information content (AvgIpc) is 2.83. The highest BCUT2D eigenvalue weighted by Crippen LogP contribution is 2.46. The molecule has 27 heavy (non-hydrogen) atoms. The summed E-state index contributed by atoms with van der Waals surface area (Å²) in [5.41, 5.74) is 3.65. The van der Waals surface area contributed by atoms with Crippen molar-refractivity contribution in [2.45, 2.75) is 12.5 Å². The fourth-order valence-corrected chi connectivity index (χ4v) is 3.81. The van der Waals surface area contributed by atoms with Crippen molar-refractivity contribution in [3.05, 3.63) is 90.0 Å². The van der Waals surface area contributed by atoms with Crippen molar-refractivity contribution >= 4 is 5.69 Å². The minimum atomic E-state index is 0.133. The summed E-state index contributed by atoms with van der Waals surface area (Å²) in [5.74, 6) is 1.86. The monoisotopic (exact) mass is 358 g/mol. The van der Waals surface area contributed by atoms with Gasteiger partial charge in [0.2, 0.25) is 0 Å². The van der Waals surface area contributed by atoms with Gasteiger partial charge in [-0.15, -0.1) is 0 Å². The maximum Gasteiger partial charge on any atom is 0.150 e. The van der Waals surface area contributed by atoms with Gasteiger partial charge in [0.1, 0.15) is 5.75 Å². The summed E-state index contributed by atoms with van der Waals surface area (Å²) in [4.78, 5) is 4.74. The molecule has 0 amide bonds. The minimum Gasteiger partial charge on any atom is -0.455 e. The Bertz CT molecular complexity index is 892. The molecule has 1 aliphatic heterocycles. The summed E-state index contributed by atoms with van der Waals surface area (Å²) < 4.78 is 6.36. The van der Waals surface area contributed by atoms with Gasteiger partial charge in [-0.2, -0.15) is 0 Å². The minimum absolute atomic E-state index is 0.133. The fraction of sp³-hybridized carbons (Fsp3) is 0.250. The Morgan fingerprint density at radius 3 is 2.26 bits per heavy atom. The third kappa shape index (κ3) is 3.69. The molecule has 0 aliphatic carbocycles. The van der Waals surface area contributed by atoms with E-state index in [4.69, 9.17) is 4.74 Å². The quantitative estimate of drug-likeness (QED) is 0.612. The first kappa shape index (κ1) is 17.6. The van der Waals surface area contributed by atoms with Crippen LogP contribution in [0.25, 0.3) is 0 Å². The molecule has 0 fully saturated rings.